The van der Waals surface area contributed by atoms with E-state index >= 15 is 35.1 Å². The van der Waals surface area contributed by atoms with Gasteiger partial charge in [0, 0.05) is 0 Å². The molecule has 0 fully saturated rings. The van der Waals surface area contributed by atoms with Gasteiger partial charge in [-0.3, -0.25) is 6.08 Å². The fourth-order valence-corrected chi connectivity index (χ4v) is 7.24. The summed E-state index contributed by atoms with van der Waals surface area (Å²) in [5.41, 5.74) is -7.79. The van der Waals surface area contributed by atoms with Crippen LogP contribution < -0.4 is 21.9 Å². The van der Waals surface area contributed by atoms with Crippen LogP contribution in [0.2, 0.25) is 0 Å². The smallest absolute Gasteiger partial charge is 0.263 e. The summed E-state index contributed by atoms with van der Waals surface area (Å²) in [6, 6.07) is 19.7. The third-order valence-corrected chi connectivity index (χ3v) is 11.0. The van der Waals surface area contributed by atoms with Crippen molar-refractivity contribution in [3.63, 3.8) is 0 Å². The summed E-state index contributed by atoms with van der Waals surface area (Å²) < 4.78 is 294. The molecule has 0 saturated carbocycles. The molecule has 0 saturated heterocycles. The van der Waals surface area contributed by atoms with Gasteiger partial charge in [0.05, 0.1) is 0 Å². The van der Waals surface area contributed by atoms with Crippen LogP contribution in [0.5, 0.6) is 0 Å². The Morgan fingerprint density at radius 3 is 0.643 bits per heavy atom. The molecule has 1 aliphatic rings. The van der Waals surface area contributed by atoms with Crippen molar-refractivity contribution in [2.45, 2.75) is 34.6 Å². The van der Waals surface area contributed by atoms with Crippen molar-refractivity contribution >= 4 is 28.0 Å². The molecule has 0 radical (unpaired) electrons. The molecule has 0 N–H and O–H groups in total. The van der Waals surface area contributed by atoms with Gasteiger partial charge in [0.15, 0.2) is 69.8 Å². The Morgan fingerprint density at radius 2 is 0.529 bits per heavy atom. The van der Waals surface area contributed by atoms with E-state index in [2.05, 4.69) is 54.5 Å². The molecule has 0 heterocycles. The van der Waals surface area contributed by atoms with Crippen LogP contribution in [0.1, 0.15) is 45.7 Å². The normalized spacial score (nSPS) is 12.8. The van der Waals surface area contributed by atoms with E-state index in [9.17, 15) is 52.7 Å². The average molecular weight is 1040 g/mol. The Hall–Kier alpha value is -6.08. The summed E-state index contributed by atoms with van der Waals surface area (Å²) >= 11 is 0. The number of halogens is 20. The summed E-state index contributed by atoms with van der Waals surface area (Å²) in [6.07, 6.45) is -3.78. The minimum Gasteiger partial charge on any atom is -0.263 e. The summed E-state index contributed by atoms with van der Waals surface area (Å²) in [6.45, 7) is 18.4. The van der Waals surface area contributed by atoms with Gasteiger partial charge in [-0.15, -0.1) is 53.0 Å². The Morgan fingerprint density at radius 1 is 0.343 bits per heavy atom. The summed E-state index contributed by atoms with van der Waals surface area (Å²) in [5.74, 6) is -71.4. The van der Waals surface area contributed by atoms with Crippen molar-refractivity contribution in [2.24, 2.45) is 5.41 Å². The molecular formula is C48H29BF20Ti. The van der Waals surface area contributed by atoms with Gasteiger partial charge >= 0.3 is 21.7 Å². The van der Waals surface area contributed by atoms with Crippen molar-refractivity contribution in [1.82, 2.24) is 0 Å². The van der Waals surface area contributed by atoms with Gasteiger partial charge in [0.25, 0.3) is 0 Å². The van der Waals surface area contributed by atoms with Crippen molar-refractivity contribution < 1.29 is 110 Å². The molecular weight excluding hydrogens is 1020 g/mol. The van der Waals surface area contributed by atoms with E-state index in [-0.39, 0.29) is 27.1 Å². The SMILES string of the molecule is CC1=[C-]C(C)(C)C(C)=C1C.Fc1c(F)c(F)c([B-](c2c(F)c(F)c(F)c(F)c2F)(c2c(F)c(F)c(F)c(F)c2F)c2c(F)c(F)c(F)c(F)c2F)c(F)c1F.[CH2-]c1ccccc1.[CH2-]c1ccccc1.[Ti+4]. The molecule has 70 heavy (non-hydrogen) atoms. The third-order valence-electron chi connectivity index (χ3n) is 11.0. The fraction of sp³-hybridized carbons (Fsp3) is 0.125. The van der Waals surface area contributed by atoms with Crippen LogP contribution in [-0.4, -0.2) is 6.15 Å². The molecule has 0 nitrogen and oxygen atoms in total. The Bertz CT molecular complexity index is 2590. The first-order valence-corrected chi connectivity index (χ1v) is 19.2. The molecule has 0 amide bonds. The van der Waals surface area contributed by atoms with E-state index in [4.69, 9.17) is 0 Å². The van der Waals surface area contributed by atoms with Crippen LogP contribution in [0.25, 0.3) is 0 Å². The van der Waals surface area contributed by atoms with Crippen LogP contribution in [0.4, 0.5) is 87.8 Å². The van der Waals surface area contributed by atoms with E-state index in [0.717, 1.165) is 11.1 Å². The number of benzene rings is 6. The maximum Gasteiger partial charge on any atom is 4.00 e. The minimum atomic E-state index is -7.22. The molecule has 0 atom stereocenters. The number of rotatable bonds is 4. The number of hydrogen-bond donors (Lipinski definition) is 0. The molecule has 6 aromatic rings. The molecule has 0 unspecified atom stereocenters. The Balaban J connectivity index is 0.000000416. The topological polar surface area (TPSA) is 0 Å². The van der Waals surface area contributed by atoms with E-state index < -0.39 is 144 Å². The second-order valence-electron chi connectivity index (χ2n) is 15.4. The zero-order valence-electron chi connectivity index (χ0n) is 36.3. The van der Waals surface area contributed by atoms with E-state index in [1.165, 1.54) is 16.7 Å². The number of allylic oxidation sites excluding steroid dienone is 4. The zero-order valence-corrected chi connectivity index (χ0v) is 37.9. The van der Waals surface area contributed by atoms with E-state index in [0.29, 0.717) is 0 Å². The van der Waals surface area contributed by atoms with Gasteiger partial charge in [0.2, 0.25) is 0 Å². The minimum absolute atomic E-state index is 0. The van der Waals surface area contributed by atoms with Crippen molar-refractivity contribution in [1.29, 1.82) is 0 Å². The Labute approximate surface area is 401 Å². The molecule has 22 heteroatoms. The standard InChI is InChI=1S/C24BF20.C10H15.2C7H7.Ti/c26-5-1(6(27)14(35)21(42)13(5)34)25(2-7(28)15(36)22(43)16(37)8(2)29,3-9(30)17(38)23(44)18(39)10(3)31)4-11(32)19(40)24(45)20(41)12(4)33;1-7-6-10(4,5)9(3)8(7)2;2*1-7-5-3-2-4-6-7;/h;1-5H3;2*2-6H,1H2;/q4*-1;+4. The summed E-state index contributed by atoms with van der Waals surface area (Å²) in [4.78, 5) is 0. The van der Waals surface area contributed by atoms with E-state index in [1.807, 2.05) is 60.7 Å². The molecule has 368 valence electrons. The molecule has 7 rings (SSSR count). The van der Waals surface area contributed by atoms with Crippen molar-refractivity contribution in [3.05, 3.63) is 225 Å². The van der Waals surface area contributed by atoms with Gasteiger partial charge < -0.3 is 0 Å². The maximum absolute atomic E-state index is 15.4. The first kappa shape index (κ1) is 58.2. The predicted molar refractivity (Wildman–Crippen MR) is 216 cm³/mol. The van der Waals surface area contributed by atoms with Gasteiger partial charge in [-0.1, -0.05) is 45.2 Å². The quantitative estimate of drug-likeness (QED) is 0.0543. The van der Waals surface area contributed by atoms with Crippen LogP contribution >= 0.6 is 0 Å². The third kappa shape index (κ3) is 10.4. The van der Waals surface area contributed by atoms with Crippen LogP contribution in [0.3, 0.4) is 0 Å². The first-order chi connectivity index (χ1) is 31.9. The van der Waals surface area contributed by atoms with Gasteiger partial charge in [-0.25, -0.2) is 93.4 Å². The summed E-state index contributed by atoms with van der Waals surface area (Å²) in [7, 11) is 0. The van der Waals surface area contributed by atoms with Gasteiger partial charge in [-0.05, 0) is 0 Å². The summed E-state index contributed by atoms with van der Waals surface area (Å²) in [5, 5.41) is 0. The van der Waals surface area contributed by atoms with Crippen molar-refractivity contribution in [2.75, 3.05) is 0 Å². The number of hydrogen-bond acceptors (Lipinski definition) is 0. The van der Waals surface area contributed by atoms with Crippen LogP contribution in [-0.2, 0) is 21.7 Å². The second kappa shape index (κ2) is 22.3. The molecule has 0 bridgehead atoms. The van der Waals surface area contributed by atoms with Crippen LogP contribution in [0, 0.1) is 142 Å². The molecule has 6 aromatic carbocycles. The fourth-order valence-electron chi connectivity index (χ4n) is 7.24. The largest absolute Gasteiger partial charge is 4.00 e. The Kier molecular flexibility index (Phi) is 18.6. The second-order valence-corrected chi connectivity index (χ2v) is 15.4. The molecule has 0 spiro atoms. The molecule has 1 aliphatic carbocycles. The molecule has 0 aromatic heterocycles. The van der Waals surface area contributed by atoms with Crippen LogP contribution in [0.15, 0.2) is 77.4 Å². The zero-order chi connectivity index (χ0) is 52.5. The van der Waals surface area contributed by atoms with Gasteiger partial charge in [0.1, 0.15) is 52.7 Å². The maximum atomic E-state index is 15.4. The predicted octanol–water partition coefficient (Wildman–Crippen LogP) is 12.7. The van der Waals surface area contributed by atoms with Gasteiger partial charge in [-0.2, -0.15) is 60.4 Å². The first-order valence-electron chi connectivity index (χ1n) is 19.2. The monoisotopic (exact) mass is 1040 g/mol. The van der Waals surface area contributed by atoms with Crippen molar-refractivity contribution in [3.8, 4) is 0 Å². The molecule has 0 aliphatic heterocycles. The van der Waals surface area contributed by atoms with E-state index in [1.54, 1.807) is 0 Å². The average Bonchev–Trinajstić information content (AvgIpc) is 3.49.